The Hall–Kier alpha value is -1.32. The molecule has 1 aromatic heterocycles. The predicted molar refractivity (Wildman–Crippen MR) is 67.5 cm³/mol. The second-order valence-corrected chi connectivity index (χ2v) is 4.59. The molecule has 0 bridgehead atoms. The largest absolute Gasteiger partial charge is 0.382 e. The van der Waals surface area contributed by atoms with Gasteiger partial charge in [0, 0.05) is 6.54 Å². The molecule has 0 aliphatic carbocycles. The smallest absolute Gasteiger partial charge is 0.157 e. The maximum absolute atomic E-state index is 8.85. The molecule has 0 saturated heterocycles. The van der Waals surface area contributed by atoms with E-state index >= 15 is 0 Å². The molecular weight excluding hydrogens is 222 g/mol. The number of nitrogens with one attached hydrogen (secondary N) is 1. The highest BCUT2D eigenvalue weighted by Gasteiger charge is 2.09. The number of anilines is 2. The van der Waals surface area contributed by atoms with Crippen LogP contribution in [0.2, 0.25) is 0 Å². The number of hydrogen-bond donors (Lipinski definition) is 2. The molecule has 6 heteroatoms. The summed E-state index contributed by atoms with van der Waals surface area (Å²) in [5.74, 6) is 0.322. The van der Waals surface area contributed by atoms with Crippen molar-refractivity contribution in [3.63, 3.8) is 0 Å². The molecule has 1 aromatic rings. The lowest BCUT2D eigenvalue weighted by atomic mass is 10.3. The maximum atomic E-state index is 8.85. The van der Waals surface area contributed by atoms with Crippen molar-refractivity contribution >= 4 is 22.4 Å². The Kier molecular flexibility index (Phi) is 5.02. The van der Waals surface area contributed by atoms with Gasteiger partial charge in [0.15, 0.2) is 5.82 Å². The minimum Gasteiger partial charge on any atom is -0.382 e. The summed E-state index contributed by atoms with van der Waals surface area (Å²) in [4.78, 5) is 2.16. The molecule has 0 unspecified atom stereocenters. The van der Waals surface area contributed by atoms with Crippen molar-refractivity contribution in [1.29, 1.82) is 5.26 Å². The highest BCUT2D eigenvalue weighted by molar-refractivity contribution is 7.10. The number of unbranched alkanes of at least 4 members (excludes halogenated alkanes) is 1. The number of hydrogen-bond acceptors (Lipinski definition) is 6. The molecule has 5 nitrogen and oxygen atoms in total. The van der Waals surface area contributed by atoms with Gasteiger partial charge >= 0.3 is 0 Å². The van der Waals surface area contributed by atoms with Gasteiger partial charge in [-0.1, -0.05) is 0 Å². The molecule has 0 radical (unpaired) electrons. The van der Waals surface area contributed by atoms with Crippen LogP contribution in [0.5, 0.6) is 0 Å². The van der Waals surface area contributed by atoms with Crippen molar-refractivity contribution in [2.75, 3.05) is 38.2 Å². The summed E-state index contributed by atoms with van der Waals surface area (Å²) in [6, 6.07) is 2.06. The van der Waals surface area contributed by atoms with Gasteiger partial charge < -0.3 is 16.0 Å². The first-order chi connectivity index (χ1) is 7.65. The van der Waals surface area contributed by atoms with Gasteiger partial charge in [0.1, 0.15) is 16.6 Å². The topological polar surface area (TPSA) is 78.0 Å². The Balaban J connectivity index is 2.30. The number of nitrogen functional groups attached to an aromatic ring is 1. The molecule has 3 N–H and O–H groups in total. The van der Waals surface area contributed by atoms with E-state index in [2.05, 4.69) is 34.8 Å². The fraction of sp³-hybridized carbons (Fsp3) is 0.600. The van der Waals surface area contributed by atoms with Crippen molar-refractivity contribution < 1.29 is 0 Å². The van der Waals surface area contributed by atoms with Gasteiger partial charge in [0.2, 0.25) is 0 Å². The summed E-state index contributed by atoms with van der Waals surface area (Å²) < 4.78 is 3.94. The molecular formula is C10H17N5S. The maximum Gasteiger partial charge on any atom is 0.157 e. The fourth-order valence-electron chi connectivity index (χ4n) is 1.29. The SMILES string of the molecule is CN(C)CCCCNc1snc(N)c1C#N. The lowest BCUT2D eigenvalue weighted by Gasteiger charge is -2.09. The quantitative estimate of drug-likeness (QED) is 0.733. The normalized spacial score (nSPS) is 10.4. The third-order valence-electron chi connectivity index (χ3n) is 2.15. The monoisotopic (exact) mass is 239 g/mol. The molecule has 16 heavy (non-hydrogen) atoms. The van der Waals surface area contributed by atoms with Crippen LogP contribution in [0.25, 0.3) is 0 Å². The average molecular weight is 239 g/mol. The molecule has 0 aliphatic heterocycles. The summed E-state index contributed by atoms with van der Waals surface area (Å²) in [6.07, 6.45) is 2.21. The van der Waals surface area contributed by atoms with Crippen molar-refractivity contribution in [2.45, 2.75) is 12.8 Å². The van der Waals surface area contributed by atoms with E-state index in [1.165, 1.54) is 11.5 Å². The van der Waals surface area contributed by atoms with Crippen LogP contribution in [-0.2, 0) is 0 Å². The van der Waals surface area contributed by atoms with Crippen LogP contribution in [-0.4, -0.2) is 36.5 Å². The van der Waals surface area contributed by atoms with E-state index in [0.717, 1.165) is 30.9 Å². The summed E-state index contributed by atoms with van der Waals surface area (Å²) in [6.45, 7) is 1.93. The second-order valence-electron chi connectivity index (χ2n) is 3.82. The van der Waals surface area contributed by atoms with Gasteiger partial charge in [-0.25, -0.2) is 0 Å². The minimum atomic E-state index is 0.322. The van der Waals surface area contributed by atoms with Gasteiger partial charge in [-0.15, -0.1) is 0 Å². The van der Waals surface area contributed by atoms with E-state index in [1.54, 1.807) is 0 Å². The first-order valence-electron chi connectivity index (χ1n) is 5.19. The van der Waals surface area contributed by atoms with Crippen LogP contribution in [0.1, 0.15) is 18.4 Å². The standard InChI is InChI=1S/C10H17N5S/c1-15(2)6-4-3-5-13-10-8(7-11)9(12)14-16-10/h13H,3-6H2,1-2H3,(H2,12,14). The zero-order chi connectivity index (χ0) is 12.0. The summed E-state index contributed by atoms with van der Waals surface area (Å²) in [5, 5.41) is 12.8. The highest BCUT2D eigenvalue weighted by atomic mass is 32.1. The first-order valence-corrected chi connectivity index (χ1v) is 5.96. The van der Waals surface area contributed by atoms with E-state index in [4.69, 9.17) is 11.0 Å². The Morgan fingerprint density at radius 3 is 2.88 bits per heavy atom. The Bertz CT molecular complexity index is 366. The Morgan fingerprint density at radius 2 is 2.25 bits per heavy atom. The molecule has 0 aromatic carbocycles. The van der Waals surface area contributed by atoms with Gasteiger partial charge in [0.25, 0.3) is 0 Å². The average Bonchev–Trinajstić information content (AvgIpc) is 2.58. The predicted octanol–water partition coefficient (Wildman–Crippen LogP) is 1.35. The molecule has 0 atom stereocenters. The van der Waals surface area contributed by atoms with E-state index in [9.17, 15) is 0 Å². The van der Waals surface area contributed by atoms with Gasteiger partial charge in [-0.2, -0.15) is 9.64 Å². The number of nitrogens with zero attached hydrogens (tertiary/aromatic N) is 3. The molecule has 0 spiro atoms. The Morgan fingerprint density at radius 1 is 1.50 bits per heavy atom. The van der Waals surface area contributed by atoms with E-state index < -0.39 is 0 Å². The van der Waals surface area contributed by atoms with Crippen molar-refractivity contribution in [3.8, 4) is 6.07 Å². The lowest BCUT2D eigenvalue weighted by molar-refractivity contribution is 0.396. The molecule has 0 fully saturated rings. The van der Waals surface area contributed by atoms with Crippen LogP contribution >= 0.6 is 11.5 Å². The molecule has 1 rings (SSSR count). The van der Waals surface area contributed by atoms with Crippen LogP contribution < -0.4 is 11.1 Å². The minimum absolute atomic E-state index is 0.322. The second kappa shape index (κ2) is 6.30. The van der Waals surface area contributed by atoms with Crippen LogP contribution in [0, 0.1) is 11.3 Å². The summed E-state index contributed by atoms with van der Waals surface area (Å²) in [5.41, 5.74) is 6.02. The van der Waals surface area contributed by atoms with Crippen LogP contribution in [0.4, 0.5) is 10.8 Å². The van der Waals surface area contributed by atoms with Crippen molar-refractivity contribution in [3.05, 3.63) is 5.56 Å². The van der Waals surface area contributed by atoms with Crippen LogP contribution in [0.3, 0.4) is 0 Å². The number of nitrogens with two attached hydrogens (primary N) is 1. The third kappa shape index (κ3) is 3.68. The number of nitriles is 1. The molecule has 0 aliphatic rings. The lowest BCUT2D eigenvalue weighted by Crippen LogP contribution is -2.14. The van der Waals surface area contributed by atoms with E-state index in [0.29, 0.717) is 11.4 Å². The molecule has 0 saturated carbocycles. The summed E-state index contributed by atoms with van der Waals surface area (Å²) >= 11 is 1.25. The summed E-state index contributed by atoms with van der Waals surface area (Å²) in [7, 11) is 4.12. The van der Waals surface area contributed by atoms with Crippen molar-refractivity contribution in [1.82, 2.24) is 9.27 Å². The molecule has 1 heterocycles. The third-order valence-corrected chi connectivity index (χ3v) is 2.97. The van der Waals surface area contributed by atoms with Gasteiger partial charge in [-0.05, 0) is 45.0 Å². The highest BCUT2D eigenvalue weighted by Crippen LogP contribution is 2.25. The van der Waals surface area contributed by atoms with Crippen molar-refractivity contribution in [2.24, 2.45) is 0 Å². The zero-order valence-corrected chi connectivity index (χ0v) is 10.5. The van der Waals surface area contributed by atoms with E-state index in [1.807, 2.05) is 0 Å². The number of aromatic nitrogens is 1. The van der Waals surface area contributed by atoms with Gasteiger partial charge in [-0.3, -0.25) is 0 Å². The molecule has 0 amide bonds. The first kappa shape index (κ1) is 12.7. The van der Waals surface area contributed by atoms with Crippen LogP contribution in [0.15, 0.2) is 0 Å². The van der Waals surface area contributed by atoms with Gasteiger partial charge in [0.05, 0.1) is 0 Å². The molecule has 88 valence electrons. The number of rotatable bonds is 6. The fourth-order valence-corrected chi connectivity index (χ4v) is 1.98. The Labute approximate surface area is 100 Å². The zero-order valence-electron chi connectivity index (χ0n) is 9.66. The van der Waals surface area contributed by atoms with E-state index in [-0.39, 0.29) is 0 Å².